The van der Waals surface area contributed by atoms with Crippen LogP contribution in [0.2, 0.25) is 0 Å². The molecule has 1 atom stereocenters. The maximum Gasteiger partial charge on any atom is 0.144 e. The molecule has 0 aromatic carbocycles. The Morgan fingerprint density at radius 3 is 2.62 bits per heavy atom. The molecule has 0 aliphatic rings. The lowest BCUT2D eigenvalue weighted by molar-refractivity contribution is 0.0545. The highest BCUT2D eigenvalue weighted by molar-refractivity contribution is 5.85. The molecule has 0 heterocycles. The zero-order chi connectivity index (χ0) is 12.6. The van der Waals surface area contributed by atoms with Gasteiger partial charge in [-0.15, -0.1) is 0 Å². The zero-order valence-electron chi connectivity index (χ0n) is 11.0. The summed E-state index contributed by atoms with van der Waals surface area (Å²) in [4.78, 5) is 0. The maximum atomic E-state index is 8.62. The van der Waals surface area contributed by atoms with E-state index in [1.807, 2.05) is 13.8 Å². The molecule has 4 heteroatoms. The van der Waals surface area contributed by atoms with Gasteiger partial charge in [-0.3, -0.25) is 0 Å². The molecule has 0 spiro atoms. The summed E-state index contributed by atoms with van der Waals surface area (Å²) in [5.74, 6) is 0.286. The Bertz CT molecular complexity index is 215. The number of hydrogen-bond acceptors (Lipinski definition) is 3. The van der Waals surface area contributed by atoms with Crippen LogP contribution < -0.4 is 5.73 Å². The monoisotopic (exact) mass is 230 g/mol. The summed E-state index contributed by atoms with van der Waals surface area (Å²) in [6, 6.07) is 0. The lowest BCUT2D eigenvalue weighted by Crippen LogP contribution is -2.32. The highest BCUT2D eigenvalue weighted by Gasteiger charge is 2.22. The molecule has 0 rings (SSSR count). The normalized spacial score (nSPS) is 15.1. The van der Waals surface area contributed by atoms with Crippen LogP contribution in [0.25, 0.3) is 0 Å². The Balaban J connectivity index is 3.74. The van der Waals surface area contributed by atoms with Gasteiger partial charge in [-0.1, -0.05) is 32.3 Å². The second-order valence-corrected chi connectivity index (χ2v) is 4.94. The molecule has 4 nitrogen and oxygen atoms in total. The van der Waals surface area contributed by atoms with Gasteiger partial charge >= 0.3 is 0 Å². The van der Waals surface area contributed by atoms with E-state index < -0.39 is 0 Å². The van der Waals surface area contributed by atoms with Crippen molar-refractivity contribution in [3.63, 3.8) is 0 Å². The first-order chi connectivity index (χ1) is 7.44. The second kappa shape index (κ2) is 7.49. The number of nitrogens with two attached hydrogens (primary N) is 1. The number of nitrogens with zero attached hydrogens (tertiary/aromatic N) is 1. The molecule has 0 radical (unpaired) electrons. The second-order valence-electron chi connectivity index (χ2n) is 4.94. The number of amidine groups is 1. The van der Waals surface area contributed by atoms with Gasteiger partial charge in [-0.25, -0.2) is 0 Å². The van der Waals surface area contributed by atoms with Crippen molar-refractivity contribution in [2.45, 2.75) is 59.5 Å². The fourth-order valence-corrected chi connectivity index (χ4v) is 1.55. The summed E-state index contributed by atoms with van der Waals surface area (Å²) in [7, 11) is 0. The van der Waals surface area contributed by atoms with Crippen LogP contribution in [0.4, 0.5) is 0 Å². The average molecular weight is 230 g/mol. The summed E-state index contributed by atoms with van der Waals surface area (Å²) in [6.07, 6.45) is 4.37. The molecule has 0 bridgehead atoms. The number of ether oxygens (including phenoxy) is 1. The summed E-state index contributed by atoms with van der Waals surface area (Å²) in [5, 5.41) is 11.7. The van der Waals surface area contributed by atoms with Crippen molar-refractivity contribution in [3.05, 3.63) is 0 Å². The SMILES string of the molecule is CCCC(C)OCCCC(C)(C)C(N)=NO. The van der Waals surface area contributed by atoms with Gasteiger partial charge in [0.2, 0.25) is 0 Å². The molecule has 96 valence electrons. The van der Waals surface area contributed by atoms with Crippen molar-refractivity contribution in [1.29, 1.82) is 0 Å². The molecule has 0 aliphatic heterocycles. The molecule has 0 aliphatic carbocycles. The number of hydrogen-bond donors (Lipinski definition) is 2. The predicted molar refractivity (Wildman–Crippen MR) is 66.7 cm³/mol. The van der Waals surface area contributed by atoms with E-state index in [1.165, 1.54) is 0 Å². The van der Waals surface area contributed by atoms with Gasteiger partial charge in [0.15, 0.2) is 0 Å². The standard InChI is InChI=1S/C12H26N2O2/c1-5-7-10(2)16-9-6-8-12(3,4)11(13)14-15/h10,15H,5-9H2,1-4H3,(H2,13,14). The minimum atomic E-state index is -0.258. The van der Waals surface area contributed by atoms with E-state index in [2.05, 4.69) is 19.0 Å². The lowest BCUT2D eigenvalue weighted by atomic mass is 9.87. The first-order valence-corrected chi connectivity index (χ1v) is 6.03. The highest BCUT2D eigenvalue weighted by Crippen LogP contribution is 2.22. The zero-order valence-corrected chi connectivity index (χ0v) is 11.0. The van der Waals surface area contributed by atoms with Crippen LogP contribution in [-0.4, -0.2) is 23.8 Å². The average Bonchev–Trinajstić information content (AvgIpc) is 2.23. The van der Waals surface area contributed by atoms with Crippen molar-refractivity contribution in [1.82, 2.24) is 0 Å². The van der Waals surface area contributed by atoms with Crippen LogP contribution in [0, 0.1) is 5.41 Å². The van der Waals surface area contributed by atoms with Crippen molar-refractivity contribution in [2.75, 3.05) is 6.61 Å². The third kappa shape index (κ3) is 5.95. The van der Waals surface area contributed by atoms with Gasteiger partial charge in [0, 0.05) is 12.0 Å². The van der Waals surface area contributed by atoms with E-state index in [9.17, 15) is 0 Å². The van der Waals surface area contributed by atoms with Crippen molar-refractivity contribution < 1.29 is 9.94 Å². The Morgan fingerprint density at radius 1 is 1.50 bits per heavy atom. The number of rotatable bonds is 8. The van der Waals surface area contributed by atoms with E-state index in [1.54, 1.807) is 0 Å². The van der Waals surface area contributed by atoms with Crippen molar-refractivity contribution in [2.24, 2.45) is 16.3 Å². The Hall–Kier alpha value is -0.770. The molecular weight excluding hydrogens is 204 g/mol. The smallest absolute Gasteiger partial charge is 0.144 e. The van der Waals surface area contributed by atoms with Crippen LogP contribution in [0.1, 0.15) is 53.4 Å². The molecular formula is C12H26N2O2. The maximum absolute atomic E-state index is 8.62. The topological polar surface area (TPSA) is 67.8 Å². The molecule has 1 unspecified atom stereocenters. The third-order valence-electron chi connectivity index (χ3n) is 2.84. The molecule has 0 saturated heterocycles. The molecule has 16 heavy (non-hydrogen) atoms. The predicted octanol–water partition coefficient (Wildman–Crippen LogP) is 2.74. The summed E-state index contributed by atoms with van der Waals surface area (Å²) >= 11 is 0. The number of oxime groups is 1. The minimum absolute atomic E-state index is 0.258. The van der Waals surface area contributed by atoms with Gasteiger partial charge in [-0.2, -0.15) is 0 Å². The largest absolute Gasteiger partial charge is 0.409 e. The Kier molecular flexibility index (Phi) is 7.13. The van der Waals surface area contributed by atoms with Gasteiger partial charge in [0.1, 0.15) is 5.84 Å². The van der Waals surface area contributed by atoms with Gasteiger partial charge in [0.25, 0.3) is 0 Å². The molecule has 3 N–H and O–H groups in total. The van der Waals surface area contributed by atoms with E-state index in [0.29, 0.717) is 6.10 Å². The molecule has 0 saturated carbocycles. The highest BCUT2D eigenvalue weighted by atomic mass is 16.5. The quantitative estimate of drug-likeness (QED) is 0.221. The molecule has 0 fully saturated rings. The Morgan fingerprint density at radius 2 is 2.12 bits per heavy atom. The van der Waals surface area contributed by atoms with E-state index >= 15 is 0 Å². The molecule has 0 aromatic heterocycles. The van der Waals surface area contributed by atoms with E-state index in [-0.39, 0.29) is 11.3 Å². The third-order valence-corrected chi connectivity index (χ3v) is 2.84. The first kappa shape index (κ1) is 15.2. The summed E-state index contributed by atoms with van der Waals surface area (Å²) < 4.78 is 5.65. The van der Waals surface area contributed by atoms with Crippen LogP contribution in [0.3, 0.4) is 0 Å². The lowest BCUT2D eigenvalue weighted by Gasteiger charge is -2.23. The minimum Gasteiger partial charge on any atom is -0.409 e. The van der Waals surface area contributed by atoms with Crippen LogP contribution in [0.15, 0.2) is 5.16 Å². The summed E-state index contributed by atoms with van der Waals surface area (Å²) in [5.41, 5.74) is 5.34. The van der Waals surface area contributed by atoms with Gasteiger partial charge in [0.05, 0.1) is 6.10 Å². The Labute approximate surface area is 98.9 Å². The van der Waals surface area contributed by atoms with Gasteiger partial charge < -0.3 is 15.7 Å². The first-order valence-electron chi connectivity index (χ1n) is 6.03. The van der Waals surface area contributed by atoms with Crippen molar-refractivity contribution >= 4 is 5.84 Å². The summed E-state index contributed by atoms with van der Waals surface area (Å²) in [6.45, 7) is 8.93. The molecule has 0 amide bonds. The molecule has 0 aromatic rings. The fourth-order valence-electron chi connectivity index (χ4n) is 1.55. The van der Waals surface area contributed by atoms with Gasteiger partial charge in [-0.05, 0) is 26.2 Å². The van der Waals surface area contributed by atoms with Crippen LogP contribution in [-0.2, 0) is 4.74 Å². The van der Waals surface area contributed by atoms with Crippen LogP contribution >= 0.6 is 0 Å². The fraction of sp³-hybridized carbons (Fsp3) is 0.917. The van der Waals surface area contributed by atoms with E-state index in [0.717, 1.165) is 32.3 Å². The van der Waals surface area contributed by atoms with E-state index in [4.69, 9.17) is 15.7 Å². The van der Waals surface area contributed by atoms with Crippen LogP contribution in [0.5, 0.6) is 0 Å². The van der Waals surface area contributed by atoms with Crippen molar-refractivity contribution in [3.8, 4) is 0 Å².